The van der Waals surface area contributed by atoms with Gasteiger partial charge in [0, 0.05) is 18.0 Å². The summed E-state index contributed by atoms with van der Waals surface area (Å²) < 4.78 is 0. The highest BCUT2D eigenvalue weighted by molar-refractivity contribution is 7.11. The van der Waals surface area contributed by atoms with Crippen LogP contribution in [0.15, 0.2) is 12.7 Å². The van der Waals surface area contributed by atoms with Crippen molar-refractivity contribution in [2.24, 2.45) is 0 Å². The fourth-order valence-electron chi connectivity index (χ4n) is 3.07. The summed E-state index contributed by atoms with van der Waals surface area (Å²) in [5.41, 5.74) is 0.893. The highest BCUT2D eigenvalue weighted by atomic mass is 32.1. The topological polar surface area (TPSA) is 53.5 Å². The molecule has 0 bridgehead atoms. The Balaban J connectivity index is 1.64. The number of piperazine rings is 1. The summed E-state index contributed by atoms with van der Waals surface area (Å²) in [5, 5.41) is 1.00. The van der Waals surface area contributed by atoms with Gasteiger partial charge in [-0.3, -0.25) is 9.59 Å². The number of carbonyl (C=O) groups is 2. The van der Waals surface area contributed by atoms with E-state index in [4.69, 9.17) is 0 Å². The van der Waals surface area contributed by atoms with E-state index in [0.717, 1.165) is 22.0 Å². The van der Waals surface area contributed by atoms with Gasteiger partial charge in [0.1, 0.15) is 0 Å². The Hall–Kier alpha value is -1.69. The zero-order chi connectivity index (χ0) is 15.1. The van der Waals surface area contributed by atoms with Crippen molar-refractivity contribution in [1.29, 1.82) is 0 Å². The van der Waals surface area contributed by atoms with Crippen LogP contribution in [0.1, 0.15) is 22.0 Å². The molecule has 1 aromatic rings. The van der Waals surface area contributed by atoms with Crippen molar-refractivity contribution in [2.45, 2.75) is 38.8 Å². The van der Waals surface area contributed by atoms with Crippen LogP contribution in [0.2, 0.25) is 0 Å². The van der Waals surface area contributed by atoms with E-state index in [2.05, 4.69) is 11.6 Å². The summed E-state index contributed by atoms with van der Waals surface area (Å²) in [4.78, 5) is 33.5. The average Bonchev–Trinajstić information content (AvgIpc) is 3.18. The van der Waals surface area contributed by atoms with Gasteiger partial charge in [0.15, 0.2) is 0 Å². The van der Waals surface area contributed by atoms with Crippen molar-refractivity contribution in [3.8, 4) is 0 Å². The Kier molecular flexibility index (Phi) is 3.57. The van der Waals surface area contributed by atoms with Crippen LogP contribution in [0.3, 0.4) is 0 Å². The van der Waals surface area contributed by atoms with Gasteiger partial charge < -0.3 is 9.80 Å². The van der Waals surface area contributed by atoms with Crippen LogP contribution in [0.4, 0.5) is 0 Å². The Morgan fingerprint density at radius 2 is 2.00 bits per heavy atom. The molecule has 0 N–H and O–H groups in total. The molecule has 1 aromatic heterocycles. The van der Waals surface area contributed by atoms with Gasteiger partial charge in [-0.25, -0.2) is 4.98 Å². The Morgan fingerprint density at radius 3 is 2.62 bits per heavy atom. The normalized spacial score (nSPS) is 23.7. The van der Waals surface area contributed by atoms with E-state index >= 15 is 0 Å². The minimum atomic E-state index is -0.0273. The highest BCUT2D eigenvalue weighted by Gasteiger charge is 2.51. The maximum atomic E-state index is 12.5. The molecule has 2 heterocycles. The maximum absolute atomic E-state index is 12.5. The van der Waals surface area contributed by atoms with E-state index in [1.807, 2.05) is 23.6 Å². The summed E-state index contributed by atoms with van der Waals surface area (Å²) in [7, 11) is 0. The molecule has 2 unspecified atom stereocenters. The molecule has 2 amide bonds. The summed E-state index contributed by atoms with van der Waals surface area (Å²) in [6.07, 6.45) is 2.61. The van der Waals surface area contributed by atoms with Gasteiger partial charge in [-0.2, -0.15) is 0 Å². The predicted octanol–water partition coefficient (Wildman–Crippen LogP) is 1.30. The lowest BCUT2D eigenvalue weighted by atomic mass is 10.2. The van der Waals surface area contributed by atoms with E-state index in [1.165, 1.54) is 6.08 Å². The minimum absolute atomic E-state index is 0.0273. The molecule has 0 radical (unpaired) electrons. The van der Waals surface area contributed by atoms with Gasteiger partial charge in [0.2, 0.25) is 11.8 Å². The first-order valence-corrected chi connectivity index (χ1v) is 7.98. The fourth-order valence-corrected chi connectivity index (χ4v) is 3.90. The van der Waals surface area contributed by atoms with E-state index in [0.29, 0.717) is 19.5 Å². The third-order valence-electron chi connectivity index (χ3n) is 4.20. The molecule has 5 nitrogen and oxygen atoms in total. The number of thiazole rings is 1. The lowest BCUT2D eigenvalue weighted by Gasteiger charge is -2.33. The zero-order valence-electron chi connectivity index (χ0n) is 12.3. The van der Waals surface area contributed by atoms with Crippen LogP contribution >= 0.6 is 11.3 Å². The van der Waals surface area contributed by atoms with Gasteiger partial charge in [-0.05, 0) is 26.3 Å². The maximum Gasteiger partial charge on any atom is 0.246 e. The molecule has 2 aliphatic rings. The summed E-state index contributed by atoms with van der Waals surface area (Å²) in [6, 6.07) is 0.377. The second-order valence-corrected chi connectivity index (χ2v) is 7.01. The quantitative estimate of drug-likeness (QED) is 0.791. The molecule has 2 fully saturated rings. The second kappa shape index (κ2) is 5.26. The number of carbonyl (C=O) groups excluding carboxylic acids is 2. The fraction of sp³-hybridized carbons (Fsp3) is 0.533. The molecule has 3 rings (SSSR count). The summed E-state index contributed by atoms with van der Waals surface area (Å²) in [5.74, 6) is 0.0992. The molecule has 1 aliphatic heterocycles. The van der Waals surface area contributed by atoms with Gasteiger partial charge >= 0.3 is 0 Å². The van der Waals surface area contributed by atoms with E-state index in [1.54, 1.807) is 11.3 Å². The molecular weight excluding hydrogens is 286 g/mol. The predicted molar refractivity (Wildman–Crippen MR) is 81.1 cm³/mol. The van der Waals surface area contributed by atoms with Crippen molar-refractivity contribution < 1.29 is 9.59 Å². The van der Waals surface area contributed by atoms with Crippen molar-refractivity contribution in [1.82, 2.24) is 14.8 Å². The molecule has 21 heavy (non-hydrogen) atoms. The largest absolute Gasteiger partial charge is 0.335 e. The van der Waals surface area contributed by atoms with E-state index in [-0.39, 0.29) is 23.9 Å². The standard InChI is InChI=1S/C15H19N3O2S/c1-4-14(19)17-5-6-18(13-8-12(13)17)15(20)7-11-9(2)21-10(3)16-11/h4,12-13H,1,5-8H2,2-3H3. The molecule has 2 atom stereocenters. The van der Waals surface area contributed by atoms with Crippen molar-refractivity contribution in [2.75, 3.05) is 13.1 Å². The van der Waals surface area contributed by atoms with Gasteiger partial charge in [-0.1, -0.05) is 6.58 Å². The number of amides is 2. The molecule has 0 spiro atoms. The van der Waals surface area contributed by atoms with Crippen molar-refractivity contribution in [3.63, 3.8) is 0 Å². The zero-order valence-corrected chi connectivity index (χ0v) is 13.2. The number of fused-ring (bicyclic) bond motifs is 1. The Labute approximate surface area is 128 Å². The third kappa shape index (κ3) is 2.60. The number of nitrogens with zero attached hydrogens (tertiary/aromatic N) is 3. The van der Waals surface area contributed by atoms with Crippen LogP contribution in [0.5, 0.6) is 0 Å². The number of hydrogen-bond donors (Lipinski definition) is 0. The lowest BCUT2D eigenvalue weighted by molar-refractivity contribution is -0.137. The molecule has 0 aromatic carbocycles. The molecule has 6 heteroatoms. The monoisotopic (exact) mass is 305 g/mol. The van der Waals surface area contributed by atoms with Crippen molar-refractivity contribution >= 4 is 23.2 Å². The average molecular weight is 305 g/mol. The first kappa shape index (κ1) is 14.3. The Morgan fingerprint density at radius 1 is 1.33 bits per heavy atom. The van der Waals surface area contributed by atoms with Crippen molar-refractivity contribution in [3.05, 3.63) is 28.2 Å². The second-order valence-electron chi connectivity index (χ2n) is 5.61. The lowest BCUT2D eigenvalue weighted by Crippen LogP contribution is -2.50. The van der Waals surface area contributed by atoms with Gasteiger partial charge in [-0.15, -0.1) is 11.3 Å². The highest BCUT2D eigenvalue weighted by Crippen LogP contribution is 2.37. The first-order chi connectivity index (χ1) is 10.0. The summed E-state index contributed by atoms with van der Waals surface area (Å²) >= 11 is 1.63. The van der Waals surface area contributed by atoms with Crippen LogP contribution in [0.25, 0.3) is 0 Å². The molecule has 1 saturated carbocycles. The molecule has 1 saturated heterocycles. The first-order valence-electron chi connectivity index (χ1n) is 7.16. The minimum Gasteiger partial charge on any atom is -0.335 e. The van der Waals surface area contributed by atoms with E-state index in [9.17, 15) is 9.59 Å². The molecular formula is C15H19N3O2S. The molecule has 112 valence electrons. The number of hydrogen-bond acceptors (Lipinski definition) is 4. The van der Waals surface area contributed by atoms with E-state index < -0.39 is 0 Å². The smallest absolute Gasteiger partial charge is 0.246 e. The molecule has 1 aliphatic carbocycles. The third-order valence-corrected chi connectivity index (χ3v) is 5.13. The van der Waals surface area contributed by atoms with Crippen LogP contribution in [-0.4, -0.2) is 51.8 Å². The van der Waals surface area contributed by atoms with Crippen LogP contribution in [0, 0.1) is 13.8 Å². The summed E-state index contributed by atoms with van der Waals surface area (Å²) in [6.45, 7) is 8.72. The van der Waals surface area contributed by atoms with Gasteiger partial charge in [0.25, 0.3) is 0 Å². The number of aromatic nitrogens is 1. The van der Waals surface area contributed by atoms with Gasteiger partial charge in [0.05, 0.1) is 29.2 Å². The Bertz CT molecular complexity index is 610. The van der Waals surface area contributed by atoms with Crippen LogP contribution < -0.4 is 0 Å². The van der Waals surface area contributed by atoms with Crippen LogP contribution in [-0.2, 0) is 16.0 Å². The number of rotatable bonds is 3. The number of aryl methyl sites for hydroxylation is 2. The SMILES string of the molecule is C=CC(=O)N1CCN(C(=O)Cc2nc(C)sc2C)C2CC21.